The van der Waals surface area contributed by atoms with Gasteiger partial charge in [-0.15, -0.1) is 0 Å². The summed E-state index contributed by atoms with van der Waals surface area (Å²) in [6.45, 7) is 8.22. The van der Waals surface area contributed by atoms with Crippen LogP contribution in [0, 0.1) is 0 Å². The van der Waals surface area contributed by atoms with Gasteiger partial charge in [0, 0.05) is 30.4 Å². The Balaban J connectivity index is 1.79. The van der Waals surface area contributed by atoms with Gasteiger partial charge >= 0.3 is 0 Å². The maximum Gasteiger partial charge on any atom is 0.0482 e. The molecule has 1 aromatic heterocycles. The van der Waals surface area contributed by atoms with Gasteiger partial charge in [-0.3, -0.25) is 4.90 Å². The number of hydrogen-bond acceptors (Lipinski definition) is 1. The number of benzene rings is 1. The molecule has 0 fully saturated rings. The zero-order valence-corrected chi connectivity index (χ0v) is 14.0. The van der Waals surface area contributed by atoms with Crippen LogP contribution in [0.5, 0.6) is 0 Å². The number of nitrogens with zero attached hydrogens (tertiary/aromatic N) is 2. The summed E-state index contributed by atoms with van der Waals surface area (Å²) in [5, 5.41) is 0. The second kappa shape index (κ2) is 7.15. The first kappa shape index (κ1) is 15.4. The molecule has 2 heteroatoms. The van der Waals surface area contributed by atoms with Gasteiger partial charge in [-0.05, 0) is 50.0 Å². The lowest BCUT2D eigenvalue weighted by Crippen LogP contribution is -2.41. The molecule has 22 heavy (non-hydrogen) atoms. The van der Waals surface area contributed by atoms with E-state index >= 15 is 0 Å². The fourth-order valence-electron chi connectivity index (χ4n) is 3.80. The molecule has 0 spiro atoms. The second-order valence-electron chi connectivity index (χ2n) is 6.41. The van der Waals surface area contributed by atoms with Gasteiger partial charge in [0.2, 0.25) is 0 Å². The van der Waals surface area contributed by atoms with Crippen LogP contribution < -0.4 is 0 Å². The van der Waals surface area contributed by atoms with E-state index in [1.54, 1.807) is 0 Å². The Kier molecular flexibility index (Phi) is 4.99. The SMILES string of the molecule is CCCN(CCC)[C@@H]1CCn2c(ccc2-c2ccccc2)C1. The summed E-state index contributed by atoms with van der Waals surface area (Å²) in [7, 11) is 0. The highest BCUT2D eigenvalue weighted by Crippen LogP contribution is 2.28. The number of rotatable bonds is 6. The molecular formula is C20H28N2. The minimum atomic E-state index is 0.728. The van der Waals surface area contributed by atoms with E-state index in [1.165, 1.54) is 55.7 Å². The van der Waals surface area contributed by atoms with E-state index in [0.29, 0.717) is 0 Å². The summed E-state index contributed by atoms with van der Waals surface area (Å²) < 4.78 is 2.53. The first-order valence-electron chi connectivity index (χ1n) is 8.81. The Morgan fingerprint density at radius 2 is 1.73 bits per heavy atom. The van der Waals surface area contributed by atoms with Crippen molar-refractivity contribution >= 4 is 0 Å². The molecule has 2 heterocycles. The lowest BCUT2D eigenvalue weighted by molar-refractivity contribution is 0.167. The average molecular weight is 296 g/mol. The molecule has 1 aliphatic rings. The third-order valence-electron chi connectivity index (χ3n) is 4.81. The van der Waals surface area contributed by atoms with Crippen molar-refractivity contribution < 1.29 is 0 Å². The molecule has 1 aromatic carbocycles. The Hall–Kier alpha value is -1.54. The zero-order chi connectivity index (χ0) is 15.4. The summed E-state index contributed by atoms with van der Waals surface area (Å²) in [6.07, 6.45) is 4.99. The van der Waals surface area contributed by atoms with E-state index in [4.69, 9.17) is 0 Å². The molecule has 0 saturated carbocycles. The van der Waals surface area contributed by atoms with Crippen LogP contribution in [-0.4, -0.2) is 28.6 Å². The van der Waals surface area contributed by atoms with Gasteiger partial charge in [0.25, 0.3) is 0 Å². The predicted molar refractivity (Wildman–Crippen MR) is 94.1 cm³/mol. The molecule has 2 aromatic rings. The first-order valence-corrected chi connectivity index (χ1v) is 8.81. The molecule has 0 amide bonds. The van der Waals surface area contributed by atoms with Crippen molar-refractivity contribution in [3.8, 4) is 11.3 Å². The van der Waals surface area contributed by atoms with Crippen molar-refractivity contribution in [2.75, 3.05) is 13.1 Å². The van der Waals surface area contributed by atoms with Gasteiger partial charge in [-0.2, -0.15) is 0 Å². The lowest BCUT2D eigenvalue weighted by atomic mass is 10.0. The monoisotopic (exact) mass is 296 g/mol. The fourth-order valence-corrected chi connectivity index (χ4v) is 3.80. The number of aromatic nitrogens is 1. The Morgan fingerprint density at radius 3 is 2.41 bits per heavy atom. The third kappa shape index (κ3) is 3.12. The van der Waals surface area contributed by atoms with E-state index in [9.17, 15) is 0 Å². The molecule has 0 radical (unpaired) electrons. The Morgan fingerprint density at radius 1 is 1.00 bits per heavy atom. The first-order chi connectivity index (χ1) is 10.8. The van der Waals surface area contributed by atoms with Gasteiger partial charge in [-0.1, -0.05) is 44.2 Å². The van der Waals surface area contributed by atoms with Crippen molar-refractivity contribution in [3.63, 3.8) is 0 Å². The third-order valence-corrected chi connectivity index (χ3v) is 4.81. The molecule has 2 nitrogen and oxygen atoms in total. The van der Waals surface area contributed by atoms with Crippen LogP contribution in [0.2, 0.25) is 0 Å². The smallest absolute Gasteiger partial charge is 0.0482 e. The summed E-state index contributed by atoms with van der Waals surface area (Å²) in [4.78, 5) is 2.71. The number of fused-ring (bicyclic) bond motifs is 1. The second-order valence-corrected chi connectivity index (χ2v) is 6.41. The molecule has 0 unspecified atom stereocenters. The molecule has 0 aliphatic carbocycles. The quantitative estimate of drug-likeness (QED) is 0.757. The molecular weight excluding hydrogens is 268 g/mol. The molecule has 0 N–H and O–H groups in total. The van der Waals surface area contributed by atoms with Crippen LogP contribution in [0.3, 0.4) is 0 Å². The van der Waals surface area contributed by atoms with Crippen molar-refractivity contribution in [1.29, 1.82) is 0 Å². The van der Waals surface area contributed by atoms with Crippen LogP contribution in [0.15, 0.2) is 42.5 Å². The molecule has 3 rings (SSSR count). The van der Waals surface area contributed by atoms with Gasteiger partial charge in [0.05, 0.1) is 0 Å². The van der Waals surface area contributed by atoms with E-state index in [2.05, 4.69) is 65.8 Å². The highest BCUT2D eigenvalue weighted by Gasteiger charge is 2.24. The molecule has 0 bridgehead atoms. The maximum atomic E-state index is 2.71. The van der Waals surface area contributed by atoms with E-state index in [0.717, 1.165) is 12.6 Å². The molecule has 0 saturated heterocycles. The fraction of sp³-hybridized carbons (Fsp3) is 0.500. The summed E-state index contributed by atoms with van der Waals surface area (Å²) in [5.74, 6) is 0. The van der Waals surface area contributed by atoms with Gasteiger partial charge < -0.3 is 4.57 Å². The largest absolute Gasteiger partial charge is 0.345 e. The van der Waals surface area contributed by atoms with Crippen LogP contribution in [0.4, 0.5) is 0 Å². The van der Waals surface area contributed by atoms with Crippen molar-refractivity contribution in [2.24, 2.45) is 0 Å². The summed E-state index contributed by atoms with van der Waals surface area (Å²) in [6, 6.07) is 16.2. The summed E-state index contributed by atoms with van der Waals surface area (Å²) in [5.41, 5.74) is 4.23. The lowest BCUT2D eigenvalue weighted by Gasteiger charge is -2.35. The molecule has 118 valence electrons. The van der Waals surface area contributed by atoms with Crippen LogP contribution in [0.25, 0.3) is 11.3 Å². The summed E-state index contributed by atoms with van der Waals surface area (Å²) >= 11 is 0. The standard InChI is InChI=1S/C20H28N2/c1-3-13-21(14-4-2)18-12-15-22-19(16-18)10-11-20(22)17-8-6-5-7-9-17/h5-11,18H,3-4,12-16H2,1-2H3/t18-/m1/s1. The van der Waals surface area contributed by atoms with Crippen LogP contribution in [0.1, 0.15) is 38.8 Å². The number of hydrogen-bond donors (Lipinski definition) is 0. The normalized spacial score (nSPS) is 17.7. The molecule has 1 atom stereocenters. The maximum absolute atomic E-state index is 2.71. The van der Waals surface area contributed by atoms with Gasteiger partial charge in [-0.25, -0.2) is 0 Å². The van der Waals surface area contributed by atoms with E-state index < -0.39 is 0 Å². The Labute approximate surface area is 134 Å². The average Bonchev–Trinajstić information content (AvgIpc) is 2.98. The van der Waals surface area contributed by atoms with Crippen LogP contribution in [-0.2, 0) is 13.0 Å². The predicted octanol–water partition coefficient (Wildman–Crippen LogP) is 4.59. The highest BCUT2D eigenvalue weighted by molar-refractivity contribution is 5.61. The van der Waals surface area contributed by atoms with Crippen molar-refractivity contribution in [1.82, 2.24) is 9.47 Å². The van der Waals surface area contributed by atoms with Crippen molar-refractivity contribution in [2.45, 2.75) is 52.1 Å². The van der Waals surface area contributed by atoms with Gasteiger partial charge in [0.15, 0.2) is 0 Å². The van der Waals surface area contributed by atoms with Crippen LogP contribution >= 0.6 is 0 Å². The van der Waals surface area contributed by atoms with Crippen molar-refractivity contribution in [3.05, 3.63) is 48.2 Å². The topological polar surface area (TPSA) is 8.17 Å². The van der Waals surface area contributed by atoms with E-state index in [-0.39, 0.29) is 0 Å². The molecule has 1 aliphatic heterocycles. The minimum Gasteiger partial charge on any atom is -0.345 e. The Bertz CT molecular complexity index is 579. The van der Waals surface area contributed by atoms with E-state index in [1.807, 2.05) is 0 Å². The highest BCUT2D eigenvalue weighted by atomic mass is 15.2. The zero-order valence-electron chi connectivity index (χ0n) is 14.0. The minimum absolute atomic E-state index is 0.728. The van der Waals surface area contributed by atoms with Gasteiger partial charge in [0.1, 0.15) is 0 Å².